The number of aryl methyl sites for hydroxylation is 1. The first-order valence-corrected chi connectivity index (χ1v) is 7.34. The number of anilines is 2. The van der Waals surface area contributed by atoms with Crippen molar-refractivity contribution in [3.63, 3.8) is 0 Å². The van der Waals surface area contributed by atoms with E-state index in [2.05, 4.69) is 10.3 Å². The van der Waals surface area contributed by atoms with Crippen molar-refractivity contribution >= 4 is 17.7 Å². The Morgan fingerprint density at radius 1 is 1.36 bits per heavy atom. The molecule has 0 bridgehead atoms. The molecule has 0 unspecified atom stereocenters. The van der Waals surface area contributed by atoms with E-state index in [1.54, 1.807) is 7.05 Å². The Morgan fingerprint density at radius 2 is 2.08 bits per heavy atom. The Balaban J connectivity index is 2.61. The highest BCUT2D eigenvalue weighted by Crippen LogP contribution is 2.36. The monoisotopic (exact) mass is 348 g/mol. The zero-order chi connectivity index (χ0) is 18.6. The van der Waals surface area contributed by atoms with Crippen molar-refractivity contribution in [3.8, 4) is 17.3 Å². The number of nitrogens with zero attached hydrogens (tertiary/aromatic N) is 2. The maximum absolute atomic E-state index is 13.3. The third-order valence-corrected chi connectivity index (χ3v) is 3.68. The Bertz CT molecular complexity index is 841. The standard InChI is InChI=1S/C17H15F3N4O/c1-23-14-8-13(24-15(9-21)16(14)22)11-5-4-10(3-2-6-25)12(7-11)17(18,19)20/h4-8H,2-3,22H2,1H3,(H,23,24). The summed E-state index contributed by atoms with van der Waals surface area (Å²) in [5.41, 5.74) is 5.85. The van der Waals surface area contributed by atoms with E-state index in [1.807, 2.05) is 6.07 Å². The van der Waals surface area contributed by atoms with Crippen LogP contribution in [0.4, 0.5) is 24.5 Å². The first-order valence-electron chi connectivity index (χ1n) is 7.34. The van der Waals surface area contributed by atoms with Crippen LogP contribution in [0, 0.1) is 11.3 Å². The quantitative estimate of drug-likeness (QED) is 0.808. The third kappa shape index (κ3) is 3.88. The van der Waals surface area contributed by atoms with E-state index in [0.717, 1.165) is 6.07 Å². The van der Waals surface area contributed by atoms with Gasteiger partial charge in [-0.15, -0.1) is 0 Å². The third-order valence-electron chi connectivity index (χ3n) is 3.68. The highest BCUT2D eigenvalue weighted by Gasteiger charge is 2.33. The molecule has 25 heavy (non-hydrogen) atoms. The molecule has 3 N–H and O–H groups in total. The van der Waals surface area contributed by atoms with Crippen LogP contribution < -0.4 is 11.1 Å². The van der Waals surface area contributed by atoms with Crippen molar-refractivity contribution in [2.45, 2.75) is 19.0 Å². The molecule has 0 spiro atoms. The van der Waals surface area contributed by atoms with Gasteiger partial charge in [-0.2, -0.15) is 18.4 Å². The van der Waals surface area contributed by atoms with E-state index in [-0.39, 0.29) is 41.0 Å². The average molecular weight is 348 g/mol. The van der Waals surface area contributed by atoms with Gasteiger partial charge in [-0.25, -0.2) is 4.98 Å². The predicted molar refractivity (Wildman–Crippen MR) is 87.7 cm³/mol. The summed E-state index contributed by atoms with van der Waals surface area (Å²) in [5, 5.41) is 11.9. The lowest BCUT2D eigenvalue weighted by Crippen LogP contribution is -2.10. The molecule has 8 heteroatoms. The first-order chi connectivity index (χ1) is 11.8. The molecular weight excluding hydrogens is 333 g/mol. The number of nitriles is 1. The van der Waals surface area contributed by atoms with Crippen molar-refractivity contribution < 1.29 is 18.0 Å². The summed E-state index contributed by atoms with van der Waals surface area (Å²) in [6.45, 7) is 0. The van der Waals surface area contributed by atoms with Gasteiger partial charge in [0.2, 0.25) is 0 Å². The normalized spacial score (nSPS) is 11.0. The van der Waals surface area contributed by atoms with Crippen LogP contribution in [0.2, 0.25) is 0 Å². The second kappa shape index (κ2) is 7.21. The minimum Gasteiger partial charge on any atom is -0.395 e. The maximum Gasteiger partial charge on any atom is 0.416 e. The van der Waals surface area contributed by atoms with Crippen molar-refractivity contribution in [3.05, 3.63) is 41.1 Å². The van der Waals surface area contributed by atoms with Gasteiger partial charge < -0.3 is 15.8 Å². The Kier molecular flexibility index (Phi) is 5.27. The number of aromatic nitrogens is 1. The number of nitrogens with two attached hydrogens (primary N) is 1. The molecular formula is C17H15F3N4O. The number of carbonyl (C=O) groups excluding carboxylic acids is 1. The summed E-state index contributed by atoms with van der Waals surface area (Å²) in [6.07, 6.45) is -3.98. The molecule has 0 radical (unpaired) electrons. The molecule has 0 aliphatic carbocycles. The number of hydrogen-bond acceptors (Lipinski definition) is 5. The van der Waals surface area contributed by atoms with E-state index < -0.39 is 11.7 Å². The van der Waals surface area contributed by atoms with Crippen LogP contribution in [-0.2, 0) is 17.4 Å². The molecule has 130 valence electrons. The zero-order valence-corrected chi connectivity index (χ0v) is 13.3. The fourth-order valence-corrected chi connectivity index (χ4v) is 2.43. The summed E-state index contributed by atoms with van der Waals surface area (Å²) in [4.78, 5) is 14.5. The van der Waals surface area contributed by atoms with Gasteiger partial charge in [0.1, 0.15) is 12.4 Å². The summed E-state index contributed by atoms with van der Waals surface area (Å²) >= 11 is 0. The lowest BCUT2D eigenvalue weighted by atomic mass is 9.98. The molecule has 0 aliphatic rings. The van der Waals surface area contributed by atoms with Crippen LogP contribution in [0.3, 0.4) is 0 Å². The minimum atomic E-state index is -4.56. The molecule has 1 aromatic carbocycles. The van der Waals surface area contributed by atoms with Crippen molar-refractivity contribution in [2.75, 3.05) is 18.1 Å². The van der Waals surface area contributed by atoms with Gasteiger partial charge in [0.05, 0.1) is 22.6 Å². The second-order valence-electron chi connectivity index (χ2n) is 5.25. The first kappa shape index (κ1) is 18.3. The predicted octanol–water partition coefficient (Wildman–Crippen LogP) is 3.39. The molecule has 0 aliphatic heterocycles. The number of nitrogens with one attached hydrogen (secondary N) is 1. The smallest absolute Gasteiger partial charge is 0.395 e. The number of alkyl halides is 3. The van der Waals surface area contributed by atoms with Gasteiger partial charge >= 0.3 is 6.18 Å². The van der Waals surface area contributed by atoms with Crippen LogP contribution in [-0.4, -0.2) is 18.3 Å². The van der Waals surface area contributed by atoms with Gasteiger partial charge in [0, 0.05) is 19.0 Å². The van der Waals surface area contributed by atoms with Crippen LogP contribution in [0.25, 0.3) is 11.3 Å². The van der Waals surface area contributed by atoms with Crippen LogP contribution >= 0.6 is 0 Å². The Hall–Kier alpha value is -3.08. The molecule has 0 fully saturated rings. The Labute approximate surface area is 142 Å². The number of pyridine rings is 1. The summed E-state index contributed by atoms with van der Waals surface area (Å²) in [6, 6.07) is 7.09. The van der Waals surface area contributed by atoms with Crippen LogP contribution in [0.1, 0.15) is 23.2 Å². The van der Waals surface area contributed by atoms with Crippen molar-refractivity contribution in [2.24, 2.45) is 0 Å². The van der Waals surface area contributed by atoms with E-state index in [1.165, 1.54) is 18.2 Å². The van der Waals surface area contributed by atoms with Gasteiger partial charge in [0.15, 0.2) is 5.69 Å². The molecule has 0 amide bonds. The van der Waals surface area contributed by atoms with E-state index >= 15 is 0 Å². The average Bonchev–Trinajstić information content (AvgIpc) is 2.59. The number of benzene rings is 1. The highest BCUT2D eigenvalue weighted by atomic mass is 19.4. The fourth-order valence-electron chi connectivity index (χ4n) is 2.43. The summed E-state index contributed by atoms with van der Waals surface area (Å²) in [5.74, 6) is 0. The molecule has 0 atom stereocenters. The van der Waals surface area contributed by atoms with Gasteiger partial charge in [-0.05, 0) is 24.1 Å². The fraction of sp³-hybridized carbons (Fsp3) is 0.235. The zero-order valence-electron chi connectivity index (χ0n) is 13.3. The number of carbonyl (C=O) groups is 1. The lowest BCUT2D eigenvalue weighted by Gasteiger charge is -2.15. The van der Waals surface area contributed by atoms with E-state index in [0.29, 0.717) is 12.0 Å². The van der Waals surface area contributed by atoms with Crippen LogP contribution in [0.5, 0.6) is 0 Å². The molecule has 1 aromatic heterocycles. The van der Waals surface area contributed by atoms with Gasteiger partial charge in [0.25, 0.3) is 0 Å². The SMILES string of the molecule is CNc1cc(-c2ccc(CCC=O)c(C(F)(F)F)c2)nc(C#N)c1N. The second-order valence-corrected chi connectivity index (χ2v) is 5.25. The van der Waals surface area contributed by atoms with Crippen molar-refractivity contribution in [1.82, 2.24) is 4.98 Å². The highest BCUT2D eigenvalue weighted by molar-refractivity contribution is 5.77. The molecule has 0 saturated heterocycles. The number of rotatable bonds is 5. The van der Waals surface area contributed by atoms with Gasteiger partial charge in [-0.3, -0.25) is 0 Å². The molecule has 2 aromatic rings. The maximum atomic E-state index is 13.3. The van der Waals surface area contributed by atoms with Gasteiger partial charge in [-0.1, -0.05) is 12.1 Å². The lowest BCUT2D eigenvalue weighted by molar-refractivity contribution is -0.138. The molecule has 0 saturated carbocycles. The number of nitrogen functional groups attached to an aromatic ring is 1. The number of hydrogen-bond donors (Lipinski definition) is 2. The summed E-state index contributed by atoms with van der Waals surface area (Å²) < 4.78 is 40.0. The molecule has 1 heterocycles. The van der Waals surface area contributed by atoms with Crippen LogP contribution in [0.15, 0.2) is 24.3 Å². The van der Waals surface area contributed by atoms with E-state index in [9.17, 15) is 18.0 Å². The molecule has 2 rings (SSSR count). The minimum absolute atomic E-state index is 0.000991. The van der Waals surface area contributed by atoms with Crippen molar-refractivity contribution in [1.29, 1.82) is 5.26 Å². The topological polar surface area (TPSA) is 91.8 Å². The largest absolute Gasteiger partial charge is 0.416 e. The number of halogens is 3. The Morgan fingerprint density at radius 3 is 2.64 bits per heavy atom. The van der Waals surface area contributed by atoms with E-state index in [4.69, 9.17) is 11.0 Å². The summed E-state index contributed by atoms with van der Waals surface area (Å²) in [7, 11) is 1.58. The molecule has 5 nitrogen and oxygen atoms in total. The number of aldehydes is 1.